The van der Waals surface area contributed by atoms with Gasteiger partial charge in [-0.05, 0) is 68.5 Å². The number of piperidine rings is 1. The first-order chi connectivity index (χ1) is 13.5. The second kappa shape index (κ2) is 9.57. The van der Waals surface area contributed by atoms with Crippen molar-refractivity contribution in [3.05, 3.63) is 34.9 Å². The van der Waals surface area contributed by atoms with Crippen molar-refractivity contribution < 1.29 is 9.53 Å². The van der Waals surface area contributed by atoms with Gasteiger partial charge in [-0.3, -0.25) is 9.69 Å². The van der Waals surface area contributed by atoms with Gasteiger partial charge in [0.1, 0.15) is 5.75 Å². The van der Waals surface area contributed by atoms with Crippen molar-refractivity contribution >= 4 is 12.0 Å². The highest BCUT2D eigenvalue weighted by atomic mass is 16.5. The number of benzene rings is 1. The molecule has 5 nitrogen and oxygen atoms in total. The number of hydrogen-bond donors (Lipinski definition) is 0. The van der Waals surface area contributed by atoms with Gasteiger partial charge in [-0.1, -0.05) is 12.2 Å². The molecule has 3 rings (SSSR count). The van der Waals surface area contributed by atoms with E-state index in [0.29, 0.717) is 18.4 Å². The van der Waals surface area contributed by atoms with Gasteiger partial charge < -0.3 is 14.5 Å². The summed E-state index contributed by atoms with van der Waals surface area (Å²) in [6, 6.07) is 4.18. The van der Waals surface area contributed by atoms with Crippen LogP contribution in [0.2, 0.25) is 0 Å². The molecule has 0 unspecified atom stereocenters. The van der Waals surface area contributed by atoms with Crippen LogP contribution in [0.3, 0.4) is 0 Å². The van der Waals surface area contributed by atoms with E-state index in [1.165, 1.54) is 16.7 Å². The van der Waals surface area contributed by atoms with Crippen LogP contribution in [0.15, 0.2) is 18.2 Å². The Hall–Kier alpha value is -1.85. The summed E-state index contributed by atoms with van der Waals surface area (Å²) in [7, 11) is 3.86. The molecule has 28 heavy (non-hydrogen) atoms. The minimum Gasteiger partial charge on any atom is -0.497 e. The molecule has 5 heteroatoms. The number of allylic oxidation sites excluding steroid dienone is 1. The van der Waals surface area contributed by atoms with Crippen LogP contribution in [-0.2, 0) is 4.79 Å². The summed E-state index contributed by atoms with van der Waals surface area (Å²) in [5, 5.41) is 0. The number of likely N-dealkylation sites (tertiary alicyclic amines) is 1. The highest BCUT2D eigenvalue weighted by molar-refractivity contribution is 5.78. The molecule has 1 amide bonds. The minimum atomic E-state index is 0.300. The zero-order valence-electron chi connectivity index (χ0n) is 17.9. The maximum Gasteiger partial charge on any atom is 0.236 e. The molecule has 0 spiro atoms. The van der Waals surface area contributed by atoms with Gasteiger partial charge in [-0.15, -0.1) is 0 Å². The molecule has 2 heterocycles. The summed E-state index contributed by atoms with van der Waals surface area (Å²) >= 11 is 0. The SMILES string of the molecule is COc1cc(C)c(/C=C/C2CCN(C(=O)CN3CCN(C)CC3)CC2)c(C)c1. The first-order valence-corrected chi connectivity index (χ1v) is 10.5. The third-order valence-electron chi connectivity index (χ3n) is 6.19. The number of carbonyl (C=O) groups excluding carboxylic acids is 1. The molecule has 0 aromatic heterocycles. The number of hydrogen-bond acceptors (Lipinski definition) is 4. The summed E-state index contributed by atoms with van der Waals surface area (Å²) in [5.74, 6) is 1.77. The van der Waals surface area contributed by atoms with Crippen LogP contribution < -0.4 is 4.74 Å². The fourth-order valence-corrected chi connectivity index (χ4v) is 4.19. The van der Waals surface area contributed by atoms with Crippen LogP contribution in [0.4, 0.5) is 0 Å². The highest BCUT2D eigenvalue weighted by Gasteiger charge is 2.24. The van der Waals surface area contributed by atoms with Crippen LogP contribution in [-0.4, -0.2) is 80.6 Å². The van der Waals surface area contributed by atoms with Gasteiger partial charge >= 0.3 is 0 Å². The molecule has 1 aromatic carbocycles. The normalized spacial score (nSPS) is 20.1. The molecular weight excluding hydrogens is 350 g/mol. The molecular formula is C23H35N3O2. The average Bonchev–Trinajstić information content (AvgIpc) is 2.69. The zero-order valence-corrected chi connectivity index (χ0v) is 17.9. The fraction of sp³-hybridized carbons (Fsp3) is 0.609. The summed E-state index contributed by atoms with van der Waals surface area (Å²) < 4.78 is 5.35. The minimum absolute atomic E-state index is 0.300. The van der Waals surface area contributed by atoms with E-state index < -0.39 is 0 Å². The lowest BCUT2D eigenvalue weighted by molar-refractivity contribution is -0.134. The Kier molecular flexibility index (Phi) is 7.13. The van der Waals surface area contributed by atoms with Crippen LogP contribution in [0.5, 0.6) is 5.75 Å². The zero-order chi connectivity index (χ0) is 20.1. The van der Waals surface area contributed by atoms with E-state index in [1.54, 1.807) is 7.11 Å². The molecule has 0 radical (unpaired) electrons. The van der Waals surface area contributed by atoms with Gasteiger partial charge in [-0.2, -0.15) is 0 Å². The van der Waals surface area contributed by atoms with Crippen LogP contribution in [0, 0.1) is 19.8 Å². The van der Waals surface area contributed by atoms with E-state index in [0.717, 1.165) is 57.9 Å². The van der Waals surface area contributed by atoms with E-state index >= 15 is 0 Å². The fourth-order valence-electron chi connectivity index (χ4n) is 4.19. The quantitative estimate of drug-likeness (QED) is 0.781. The molecule has 2 fully saturated rings. The smallest absolute Gasteiger partial charge is 0.236 e. The number of amides is 1. The topological polar surface area (TPSA) is 36.0 Å². The Balaban J connectivity index is 1.49. The van der Waals surface area contributed by atoms with Crippen molar-refractivity contribution in [1.29, 1.82) is 0 Å². The molecule has 1 aromatic rings. The lowest BCUT2D eigenvalue weighted by Gasteiger charge is -2.35. The maximum atomic E-state index is 12.6. The predicted octanol–water partition coefficient (Wildman–Crippen LogP) is 2.81. The second-order valence-corrected chi connectivity index (χ2v) is 8.33. The number of nitrogens with zero attached hydrogens (tertiary/aromatic N) is 3. The van der Waals surface area contributed by atoms with Gasteiger partial charge in [-0.25, -0.2) is 0 Å². The standard InChI is InChI=1S/C23H35N3O2/c1-18-15-21(28-4)16-19(2)22(18)6-5-20-7-9-26(10-8-20)23(27)17-25-13-11-24(3)12-14-25/h5-6,15-16,20H,7-14,17H2,1-4H3/b6-5+. The Morgan fingerprint density at radius 3 is 2.25 bits per heavy atom. The lowest BCUT2D eigenvalue weighted by atomic mass is 9.94. The van der Waals surface area contributed by atoms with Crippen LogP contribution >= 0.6 is 0 Å². The molecule has 154 valence electrons. The maximum absolute atomic E-state index is 12.6. The van der Waals surface area contributed by atoms with Crippen molar-refractivity contribution in [2.75, 3.05) is 60.0 Å². The largest absolute Gasteiger partial charge is 0.497 e. The predicted molar refractivity (Wildman–Crippen MR) is 115 cm³/mol. The lowest BCUT2D eigenvalue weighted by Crippen LogP contribution is -2.50. The van der Waals surface area contributed by atoms with Crippen molar-refractivity contribution in [2.45, 2.75) is 26.7 Å². The Bertz CT molecular complexity index is 677. The second-order valence-electron chi connectivity index (χ2n) is 8.33. The van der Waals surface area contributed by atoms with E-state index in [9.17, 15) is 4.79 Å². The summed E-state index contributed by atoms with van der Waals surface area (Å²) in [4.78, 5) is 19.3. The van der Waals surface area contributed by atoms with Gasteiger partial charge in [0.25, 0.3) is 0 Å². The van der Waals surface area contributed by atoms with E-state index in [2.05, 4.69) is 59.9 Å². The molecule has 0 saturated carbocycles. The Morgan fingerprint density at radius 2 is 1.68 bits per heavy atom. The van der Waals surface area contributed by atoms with Crippen LogP contribution in [0.25, 0.3) is 6.08 Å². The number of likely N-dealkylation sites (N-methyl/N-ethyl adjacent to an activating group) is 1. The van der Waals surface area contributed by atoms with Crippen molar-refractivity contribution in [3.8, 4) is 5.75 Å². The monoisotopic (exact) mass is 385 g/mol. The van der Waals surface area contributed by atoms with E-state index in [4.69, 9.17) is 4.74 Å². The molecule has 2 aliphatic rings. The molecule has 0 aliphatic carbocycles. The number of piperazine rings is 1. The third-order valence-corrected chi connectivity index (χ3v) is 6.19. The molecule has 0 bridgehead atoms. The molecule has 2 saturated heterocycles. The molecule has 0 N–H and O–H groups in total. The van der Waals surface area contributed by atoms with Gasteiger partial charge in [0.15, 0.2) is 0 Å². The number of rotatable bonds is 5. The van der Waals surface area contributed by atoms with Gasteiger partial charge in [0.05, 0.1) is 13.7 Å². The van der Waals surface area contributed by atoms with Crippen molar-refractivity contribution in [2.24, 2.45) is 5.92 Å². The number of ether oxygens (including phenoxy) is 1. The Labute approximate surface area is 169 Å². The van der Waals surface area contributed by atoms with Crippen molar-refractivity contribution in [1.82, 2.24) is 14.7 Å². The molecule has 0 atom stereocenters. The Morgan fingerprint density at radius 1 is 1.07 bits per heavy atom. The van der Waals surface area contributed by atoms with E-state index in [-0.39, 0.29) is 0 Å². The van der Waals surface area contributed by atoms with Crippen molar-refractivity contribution in [3.63, 3.8) is 0 Å². The van der Waals surface area contributed by atoms with Gasteiger partial charge in [0, 0.05) is 39.3 Å². The first kappa shape index (κ1) is 20.9. The summed E-state index contributed by atoms with van der Waals surface area (Å²) in [5.41, 5.74) is 3.77. The summed E-state index contributed by atoms with van der Waals surface area (Å²) in [6.45, 7) is 10.7. The number of aryl methyl sites for hydroxylation is 2. The number of carbonyl (C=O) groups is 1. The summed E-state index contributed by atoms with van der Waals surface area (Å²) in [6.07, 6.45) is 6.71. The van der Waals surface area contributed by atoms with Gasteiger partial charge in [0.2, 0.25) is 5.91 Å². The first-order valence-electron chi connectivity index (χ1n) is 10.5. The average molecular weight is 386 g/mol. The highest BCUT2D eigenvalue weighted by Crippen LogP contribution is 2.25. The van der Waals surface area contributed by atoms with Crippen LogP contribution in [0.1, 0.15) is 29.5 Å². The van der Waals surface area contributed by atoms with E-state index in [1.807, 2.05) is 0 Å². The number of methoxy groups -OCH3 is 1. The molecule has 2 aliphatic heterocycles. The third kappa shape index (κ3) is 5.36.